The molecule has 0 aliphatic rings. The molecule has 0 saturated heterocycles. The van der Waals surface area contributed by atoms with Gasteiger partial charge in [0.1, 0.15) is 11.6 Å². The van der Waals surface area contributed by atoms with Crippen molar-refractivity contribution in [3.8, 4) is 5.75 Å². The number of hydrogen-bond acceptors (Lipinski definition) is 4. The number of halogens is 4. The van der Waals surface area contributed by atoms with Gasteiger partial charge in [0.2, 0.25) is 0 Å². The van der Waals surface area contributed by atoms with Crippen molar-refractivity contribution in [2.75, 3.05) is 5.73 Å². The number of nitrogen functional groups attached to an aromatic ring is 1. The molecule has 2 aromatic rings. The van der Waals surface area contributed by atoms with Gasteiger partial charge in [-0.15, -0.1) is 0 Å². The Labute approximate surface area is 111 Å². The second-order valence-electron chi connectivity index (χ2n) is 4.09. The molecule has 0 radical (unpaired) electrons. The minimum Gasteiger partial charge on any atom is -0.470 e. The van der Waals surface area contributed by atoms with Crippen molar-refractivity contribution >= 4 is 5.69 Å². The lowest BCUT2D eigenvalue weighted by Gasteiger charge is -2.20. The summed E-state index contributed by atoms with van der Waals surface area (Å²) in [7, 11) is 0. The van der Waals surface area contributed by atoms with Gasteiger partial charge in [-0.3, -0.25) is 0 Å². The van der Waals surface area contributed by atoms with Crippen LogP contribution < -0.4 is 10.5 Å². The Morgan fingerprint density at radius 2 is 2.00 bits per heavy atom. The summed E-state index contributed by atoms with van der Waals surface area (Å²) in [6.45, 7) is 1.47. The molecule has 0 amide bonds. The van der Waals surface area contributed by atoms with Crippen LogP contribution in [0.4, 0.5) is 23.2 Å². The van der Waals surface area contributed by atoms with E-state index in [2.05, 4.69) is 9.68 Å². The summed E-state index contributed by atoms with van der Waals surface area (Å²) in [5, 5.41) is 3.37. The first-order valence-electron chi connectivity index (χ1n) is 5.49. The third-order valence-electron chi connectivity index (χ3n) is 2.42. The fourth-order valence-corrected chi connectivity index (χ4v) is 1.53. The highest BCUT2D eigenvalue weighted by molar-refractivity contribution is 5.52. The fourth-order valence-electron chi connectivity index (χ4n) is 1.53. The molecule has 0 saturated carbocycles. The quantitative estimate of drug-likeness (QED) is 0.695. The van der Waals surface area contributed by atoms with Crippen molar-refractivity contribution in [1.29, 1.82) is 0 Å². The molecule has 0 fully saturated rings. The Balaban J connectivity index is 2.36. The molecule has 1 atom stereocenters. The predicted molar refractivity (Wildman–Crippen MR) is 61.5 cm³/mol. The zero-order chi connectivity index (χ0) is 14.9. The van der Waals surface area contributed by atoms with Gasteiger partial charge in [0, 0.05) is 12.1 Å². The van der Waals surface area contributed by atoms with Crippen molar-refractivity contribution < 1.29 is 26.8 Å². The van der Waals surface area contributed by atoms with E-state index in [-0.39, 0.29) is 11.4 Å². The molecule has 1 aromatic carbocycles. The van der Waals surface area contributed by atoms with Crippen molar-refractivity contribution in [2.24, 2.45) is 0 Å². The van der Waals surface area contributed by atoms with Gasteiger partial charge in [-0.1, -0.05) is 5.16 Å². The molecule has 1 aromatic heterocycles. The molecule has 2 N–H and O–H groups in total. The van der Waals surface area contributed by atoms with Crippen LogP contribution >= 0.6 is 0 Å². The normalized spacial score (nSPS) is 13.2. The lowest BCUT2D eigenvalue weighted by Crippen LogP contribution is -2.26. The fraction of sp³-hybridized carbons (Fsp3) is 0.250. The topological polar surface area (TPSA) is 61.3 Å². The summed E-state index contributed by atoms with van der Waals surface area (Å²) in [6, 6.07) is 4.00. The van der Waals surface area contributed by atoms with Gasteiger partial charge in [0.05, 0.1) is 11.4 Å². The van der Waals surface area contributed by atoms with E-state index in [0.717, 1.165) is 24.3 Å². The van der Waals surface area contributed by atoms with Crippen LogP contribution in [0.3, 0.4) is 0 Å². The Kier molecular flexibility index (Phi) is 3.56. The molecular formula is C12H10F4N2O2. The lowest BCUT2D eigenvalue weighted by molar-refractivity contribution is -0.203. The van der Waals surface area contributed by atoms with Crippen molar-refractivity contribution in [3.63, 3.8) is 0 Å². The number of benzene rings is 1. The number of rotatable bonds is 3. The van der Waals surface area contributed by atoms with Crippen LogP contribution in [-0.2, 0) is 0 Å². The van der Waals surface area contributed by atoms with Gasteiger partial charge in [0.25, 0.3) is 6.10 Å². The van der Waals surface area contributed by atoms with E-state index >= 15 is 0 Å². The third kappa shape index (κ3) is 3.01. The summed E-state index contributed by atoms with van der Waals surface area (Å²) < 4.78 is 61.3. The first-order valence-corrected chi connectivity index (χ1v) is 5.49. The van der Waals surface area contributed by atoms with Crippen LogP contribution in [0.15, 0.2) is 28.8 Å². The van der Waals surface area contributed by atoms with E-state index in [1.165, 1.54) is 6.92 Å². The molecule has 4 nitrogen and oxygen atoms in total. The third-order valence-corrected chi connectivity index (χ3v) is 2.42. The predicted octanol–water partition coefficient (Wildman–Crippen LogP) is 3.39. The molecule has 8 heteroatoms. The molecule has 0 aliphatic heterocycles. The van der Waals surface area contributed by atoms with E-state index in [0.29, 0.717) is 0 Å². The molecule has 0 aliphatic carbocycles. The van der Waals surface area contributed by atoms with E-state index in [1.807, 2.05) is 0 Å². The van der Waals surface area contributed by atoms with Crippen LogP contribution in [0.5, 0.6) is 5.75 Å². The van der Waals surface area contributed by atoms with Crippen molar-refractivity contribution in [1.82, 2.24) is 5.16 Å². The number of nitrogens with two attached hydrogens (primary N) is 1. The number of ether oxygens (including phenoxy) is 1. The maximum absolute atomic E-state index is 13.0. The summed E-state index contributed by atoms with van der Waals surface area (Å²) in [5.41, 5.74) is 5.61. The van der Waals surface area contributed by atoms with Crippen LogP contribution in [-0.4, -0.2) is 11.3 Å². The first kappa shape index (κ1) is 14.2. The van der Waals surface area contributed by atoms with E-state index in [1.54, 1.807) is 0 Å². The molecule has 1 heterocycles. The van der Waals surface area contributed by atoms with Gasteiger partial charge in [-0.05, 0) is 19.1 Å². The number of alkyl halides is 3. The zero-order valence-corrected chi connectivity index (χ0v) is 10.2. The summed E-state index contributed by atoms with van der Waals surface area (Å²) in [5.74, 6) is -1.70. The van der Waals surface area contributed by atoms with E-state index in [4.69, 9.17) is 10.5 Å². The number of nitrogens with zero attached hydrogens (tertiary/aromatic N) is 1. The second kappa shape index (κ2) is 5.03. The molecule has 0 unspecified atom stereocenters. The average molecular weight is 290 g/mol. The van der Waals surface area contributed by atoms with Crippen LogP contribution in [0.1, 0.15) is 17.6 Å². The van der Waals surface area contributed by atoms with Gasteiger partial charge in [-0.2, -0.15) is 13.2 Å². The van der Waals surface area contributed by atoms with E-state index < -0.39 is 29.6 Å². The Hall–Kier alpha value is -2.25. The standard InChI is InChI=1S/C12H10F4N2O2/c1-6-4-10(20-18-6)11(12(14,15)16)19-9-5-7(13)2-3-8(9)17/h2-5,11H,17H2,1H3/t11-/m1/s1. The SMILES string of the molecule is Cc1cc([C@@H](Oc2cc(F)ccc2N)C(F)(F)F)on1. The van der Waals surface area contributed by atoms with Crippen molar-refractivity contribution in [3.05, 3.63) is 41.5 Å². The molecule has 108 valence electrons. The average Bonchev–Trinajstić information content (AvgIpc) is 2.75. The zero-order valence-electron chi connectivity index (χ0n) is 10.2. The largest absolute Gasteiger partial charge is 0.470 e. The van der Waals surface area contributed by atoms with Gasteiger partial charge < -0.3 is 15.0 Å². The van der Waals surface area contributed by atoms with Gasteiger partial charge in [0.15, 0.2) is 5.76 Å². The molecule has 20 heavy (non-hydrogen) atoms. The van der Waals surface area contributed by atoms with E-state index in [9.17, 15) is 17.6 Å². The Morgan fingerprint density at radius 3 is 2.55 bits per heavy atom. The highest BCUT2D eigenvalue weighted by atomic mass is 19.4. The maximum atomic E-state index is 13.0. The lowest BCUT2D eigenvalue weighted by atomic mass is 10.2. The molecule has 2 rings (SSSR count). The maximum Gasteiger partial charge on any atom is 0.432 e. The van der Waals surface area contributed by atoms with Crippen LogP contribution in [0.25, 0.3) is 0 Å². The second-order valence-corrected chi connectivity index (χ2v) is 4.09. The number of anilines is 1. The molecular weight excluding hydrogens is 280 g/mol. The highest BCUT2D eigenvalue weighted by Gasteiger charge is 2.46. The minimum absolute atomic E-state index is 0.114. The number of aromatic nitrogens is 1. The van der Waals surface area contributed by atoms with Crippen LogP contribution in [0.2, 0.25) is 0 Å². The monoisotopic (exact) mass is 290 g/mol. The minimum atomic E-state index is -4.76. The van der Waals surface area contributed by atoms with Gasteiger partial charge in [-0.25, -0.2) is 4.39 Å². The Bertz CT molecular complexity index is 610. The molecule has 0 bridgehead atoms. The van der Waals surface area contributed by atoms with Gasteiger partial charge >= 0.3 is 6.18 Å². The summed E-state index contributed by atoms with van der Waals surface area (Å²) in [6.07, 6.45) is -7.17. The Morgan fingerprint density at radius 1 is 1.30 bits per heavy atom. The molecule has 0 spiro atoms. The highest BCUT2D eigenvalue weighted by Crippen LogP contribution is 2.38. The number of hydrogen-bond donors (Lipinski definition) is 1. The summed E-state index contributed by atoms with van der Waals surface area (Å²) in [4.78, 5) is 0. The van der Waals surface area contributed by atoms with Crippen LogP contribution in [0, 0.1) is 12.7 Å². The first-order chi connectivity index (χ1) is 9.27. The van der Waals surface area contributed by atoms with Crippen molar-refractivity contribution in [2.45, 2.75) is 19.2 Å². The number of aryl methyl sites for hydroxylation is 1. The summed E-state index contributed by atoms with van der Waals surface area (Å²) >= 11 is 0. The smallest absolute Gasteiger partial charge is 0.432 e.